The predicted octanol–water partition coefficient (Wildman–Crippen LogP) is 3.60. The molecule has 2 aromatic carbocycles. The summed E-state index contributed by atoms with van der Waals surface area (Å²) >= 11 is 0. The van der Waals surface area contributed by atoms with Gasteiger partial charge in [-0.25, -0.2) is 0 Å². The molecule has 2 aromatic rings. The van der Waals surface area contributed by atoms with Crippen molar-refractivity contribution in [3.05, 3.63) is 65.7 Å². The van der Waals surface area contributed by atoms with Crippen LogP contribution in [0, 0.1) is 6.92 Å². The van der Waals surface area contributed by atoms with Crippen LogP contribution in [-0.4, -0.2) is 25.7 Å². The number of hydrogen-bond acceptors (Lipinski definition) is 3. The summed E-state index contributed by atoms with van der Waals surface area (Å²) in [6.07, 6.45) is 3.33. The molecule has 4 nitrogen and oxygen atoms in total. The van der Waals surface area contributed by atoms with Crippen molar-refractivity contribution in [2.75, 3.05) is 13.7 Å². The zero-order chi connectivity index (χ0) is 17.4. The van der Waals surface area contributed by atoms with E-state index in [4.69, 9.17) is 9.47 Å². The zero-order valence-electron chi connectivity index (χ0n) is 14.3. The molecule has 0 radical (unpaired) electrons. The fourth-order valence-electron chi connectivity index (χ4n) is 2.08. The molecule has 0 aliphatic rings. The van der Waals surface area contributed by atoms with Gasteiger partial charge in [-0.2, -0.15) is 0 Å². The van der Waals surface area contributed by atoms with Crippen molar-refractivity contribution in [2.45, 2.75) is 19.9 Å². The second-order valence-corrected chi connectivity index (χ2v) is 5.64. The molecule has 1 atom stereocenters. The molecular formula is C20H23NO3. The highest BCUT2D eigenvalue weighted by Crippen LogP contribution is 2.17. The number of methoxy groups -OCH3 is 1. The number of benzene rings is 2. The van der Waals surface area contributed by atoms with Crippen molar-refractivity contribution in [1.82, 2.24) is 5.32 Å². The van der Waals surface area contributed by atoms with Gasteiger partial charge in [0.1, 0.15) is 18.1 Å². The number of hydrogen-bond donors (Lipinski definition) is 1. The molecule has 126 valence electrons. The summed E-state index contributed by atoms with van der Waals surface area (Å²) in [5.41, 5.74) is 2.19. The van der Waals surface area contributed by atoms with Crippen molar-refractivity contribution in [3.63, 3.8) is 0 Å². The fraction of sp³-hybridized carbons (Fsp3) is 0.250. The Labute approximate surface area is 143 Å². The normalized spacial score (nSPS) is 12.0. The second-order valence-electron chi connectivity index (χ2n) is 5.64. The van der Waals surface area contributed by atoms with Crippen LogP contribution < -0.4 is 14.8 Å². The van der Waals surface area contributed by atoms with Crippen LogP contribution in [0.4, 0.5) is 0 Å². The van der Waals surface area contributed by atoms with Crippen molar-refractivity contribution in [1.29, 1.82) is 0 Å². The van der Waals surface area contributed by atoms with E-state index in [1.807, 2.05) is 62.4 Å². The smallest absolute Gasteiger partial charge is 0.244 e. The lowest BCUT2D eigenvalue weighted by Gasteiger charge is -2.14. The van der Waals surface area contributed by atoms with E-state index in [-0.39, 0.29) is 11.9 Å². The van der Waals surface area contributed by atoms with Gasteiger partial charge in [-0.1, -0.05) is 29.8 Å². The zero-order valence-corrected chi connectivity index (χ0v) is 14.3. The van der Waals surface area contributed by atoms with Gasteiger partial charge in [0.05, 0.1) is 13.2 Å². The van der Waals surface area contributed by atoms with Crippen molar-refractivity contribution >= 4 is 12.0 Å². The first-order valence-electron chi connectivity index (χ1n) is 7.89. The van der Waals surface area contributed by atoms with Gasteiger partial charge in [0.2, 0.25) is 5.91 Å². The summed E-state index contributed by atoms with van der Waals surface area (Å²) in [6.45, 7) is 4.34. The van der Waals surface area contributed by atoms with Gasteiger partial charge in [0.15, 0.2) is 0 Å². The molecule has 0 spiro atoms. The van der Waals surface area contributed by atoms with E-state index < -0.39 is 0 Å². The van der Waals surface area contributed by atoms with Gasteiger partial charge in [-0.05, 0) is 49.8 Å². The average molecular weight is 325 g/mol. The molecular weight excluding hydrogens is 302 g/mol. The Morgan fingerprint density at radius 2 is 1.71 bits per heavy atom. The van der Waals surface area contributed by atoms with Crippen molar-refractivity contribution in [3.8, 4) is 11.5 Å². The lowest BCUT2D eigenvalue weighted by Crippen LogP contribution is -2.35. The molecule has 1 N–H and O–H groups in total. The summed E-state index contributed by atoms with van der Waals surface area (Å²) in [5, 5.41) is 2.88. The highest BCUT2D eigenvalue weighted by Gasteiger charge is 2.06. The Bertz CT molecular complexity index is 675. The van der Waals surface area contributed by atoms with Crippen LogP contribution in [-0.2, 0) is 4.79 Å². The highest BCUT2D eigenvalue weighted by atomic mass is 16.5. The standard InChI is InChI=1S/C20H23NO3/c1-15-4-6-17(7-5-15)8-13-20(22)21-16(2)14-24-19-11-9-18(23-3)10-12-19/h4-13,16H,14H2,1-3H3,(H,21,22)/b13-8+/t16-/m1/s1. The quantitative estimate of drug-likeness (QED) is 0.791. The molecule has 0 fully saturated rings. The number of ether oxygens (including phenoxy) is 2. The van der Waals surface area contributed by atoms with E-state index in [9.17, 15) is 4.79 Å². The number of carbonyl (C=O) groups excluding carboxylic acids is 1. The molecule has 0 heterocycles. The molecule has 1 amide bonds. The predicted molar refractivity (Wildman–Crippen MR) is 96.3 cm³/mol. The Hall–Kier alpha value is -2.75. The molecule has 4 heteroatoms. The van der Waals surface area contributed by atoms with Crippen LogP contribution in [0.3, 0.4) is 0 Å². The Morgan fingerprint density at radius 3 is 2.33 bits per heavy atom. The highest BCUT2D eigenvalue weighted by molar-refractivity contribution is 5.91. The van der Waals surface area contributed by atoms with E-state index >= 15 is 0 Å². The second kappa shape index (κ2) is 8.77. The largest absolute Gasteiger partial charge is 0.497 e. The Balaban J connectivity index is 1.77. The van der Waals surface area contributed by atoms with Gasteiger partial charge in [0.25, 0.3) is 0 Å². The molecule has 2 rings (SSSR count). The molecule has 0 bridgehead atoms. The van der Waals surface area contributed by atoms with Crippen LogP contribution in [0.25, 0.3) is 6.08 Å². The summed E-state index contributed by atoms with van der Waals surface area (Å²) in [7, 11) is 1.62. The van der Waals surface area contributed by atoms with Gasteiger partial charge < -0.3 is 14.8 Å². The van der Waals surface area contributed by atoms with Crippen LogP contribution in [0.1, 0.15) is 18.1 Å². The van der Waals surface area contributed by atoms with Crippen molar-refractivity contribution in [2.24, 2.45) is 0 Å². The lowest BCUT2D eigenvalue weighted by molar-refractivity contribution is -0.117. The van der Waals surface area contributed by atoms with Gasteiger partial charge in [-0.3, -0.25) is 4.79 Å². The van der Waals surface area contributed by atoms with E-state index in [0.29, 0.717) is 6.61 Å². The molecule has 0 aliphatic carbocycles. The minimum absolute atomic E-state index is 0.0951. The number of aryl methyl sites for hydroxylation is 1. The Kier molecular flexibility index (Phi) is 6.43. The maximum Gasteiger partial charge on any atom is 0.244 e. The first-order chi connectivity index (χ1) is 11.6. The number of rotatable bonds is 7. The summed E-state index contributed by atoms with van der Waals surface area (Å²) in [6, 6.07) is 15.2. The summed E-state index contributed by atoms with van der Waals surface area (Å²) in [5.74, 6) is 1.39. The van der Waals surface area contributed by atoms with Gasteiger partial charge in [-0.15, -0.1) is 0 Å². The molecule has 0 aliphatic heterocycles. The van der Waals surface area contributed by atoms with E-state index in [0.717, 1.165) is 17.1 Å². The third-order valence-electron chi connectivity index (χ3n) is 3.45. The Morgan fingerprint density at radius 1 is 1.08 bits per heavy atom. The van der Waals surface area contributed by atoms with Crippen molar-refractivity contribution < 1.29 is 14.3 Å². The van der Waals surface area contributed by atoms with E-state index in [1.54, 1.807) is 13.2 Å². The van der Waals surface area contributed by atoms with E-state index in [1.165, 1.54) is 11.6 Å². The molecule has 0 saturated carbocycles. The van der Waals surface area contributed by atoms with Crippen LogP contribution in [0.5, 0.6) is 11.5 Å². The summed E-state index contributed by atoms with van der Waals surface area (Å²) < 4.78 is 10.7. The maximum atomic E-state index is 11.9. The monoisotopic (exact) mass is 325 g/mol. The number of amides is 1. The third kappa shape index (κ3) is 5.80. The molecule has 24 heavy (non-hydrogen) atoms. The minimum atomic E-state index is -0.138. The number of carbonyl (C=O) groups is 1. The molecule has 0 unspecified atom stereocenters. The van der Waals surface area contributed by atoms with Crippen LogP contribution in [0.2, 0.25) is 0 Å². The average Bonchev–Trinajstić information content (AvgIpc) is 2.60. The number of nitrogens with one attached hydrogen (secondary N) is 1. The molecule has 0 saturated heterocycles. The van der Waals surface area contributed by atoms with E-state index in [2.05, 4.69) is 5.32 Å². The maximum absolute atomic E-state index is 11.9. The first-order valence-corrected chi connectivity index (χ1v) is 7.89. The van der Waals surface area contributed by atoms with Gasteiger partial charge >= 0.3 is 0 Å². The minimum Gasteiger partial charge on any atom is -0.497 e. The summed E-state index contributed by atoms with van der Waals surface area (Å²) in [4.78, 5) is 11.9. The van der Waals surface area contributed by atoms with Crippen LogP contribution in [0.15, 0.2) is 54.6 Å². The lowest BCUT2D eigenvalue weighted by atomic mass is 10.1. The third-order valence-corrected chi connectivity index (χ3v) is 3.45. The molecule has 0 aromatic heterocycles. The topological polar surface area (TPSA) is 47.6 Å². The van der Waals surface area contributed by atoms with Gasteiger partial charge in [0, 0.05) is 6.08 Å². The van der Waals surface area contributed by atoms with Crippen LogP contribution >= 0.6 is 0 Å². The first kappa shape index (κ1) is 17.6. The SMILES string of the molecule is COc1ccc(OC[C@@H](C)NC(=O)/C=C/c2ccc(C)cc2)cc1. The fourth-order valence-corrected chi connectivity index (χ4v) is 2.08.